The molecule has 0 fully saturated rings. The quantitative estimate of drug-likeness (QED) is 0.705. The maximum absolute atomic E-state index is 12.2. The van der Waals surface area contributed by atoms with Gasteiger partial charge in [-0.2, -0.15) is 0 Å². The maximum atomic E-state index is 12.2. The number of hydrogen-bond donors (Lipinski definition) is 2. The molecule has 0 bridgehead atoms. The summed E-state index contributed by atoms with van der Waals surface area (Å²) in [6, 6.07) is 10.6. The van der Waals surface area contributed by atoms with E-state index in [-0.39, 0.29) is 6.03 Å². The highest BCUT2D eigenvalue weighted by Gasteiger charge is 2.10. The summed E-state index contributed by atoms with van der Waals surface area (Å²) in [5.41, 5.74) is 4.40. The van der Waals surface area contributed by atoms with E-state index in [0.717, 1.165) is 16.8 Å². The fraction of sp³-hybridized carbons (Fsp3) is 0.158. The number of urea groups is 1. The van der Waals surface area contributed by atoms with Gasteiger partial charge in [0.25, 0.3) is 0 Å². The van der Waals surface area contributed by atoms with Gasteiger partial charge in [0.1, 0.15) is 0 Å². The zero-order valence-electron chi connectivity index (χ0n) is 14.1. The predicted molar refractivity (Wildman–Crippen MR) is 99.2 cm³/mol. The molecule has 1 aromatic heterocycles. The first-order valence-electron chi connectivity index (χ1n) is 7.87. The Kier molecular flexibility index (Phi) is 4.43. The first kappa shape index (κ1) is 16.6. The summed E-state index contributed by atoms with van der Waals surface area (Å²) < 4.78 is 6.69. The maximum Gasteiger partial charge on any atom is 0.420 e. The highest BCUT2D eigenvalue weighted by Crippen LogP contribution is 2.20. The number of aryl methyl sites for hydroxylation is 2. The summed E-state index contributed by atoms with van der Waals surface area (Å²) in [6.45, 7) is 7.89. The molecule has 2 aromatic carbocycles. The van der Waals surface area contributed by atoms with Crippen LogP contribution in [0.5, 0.6) is 0 Å². The van der Waals surface area contributed by atoms with Crippen molar-refractivity contribution in [1.29, 1.82) is 0 Å². The first-order valence-corrected chi connectivity index (χ1v) is 7.87. The van der Waals surface area contributed by atoms with Crippen LogP contribution >= 0.6 is 0 Å². The fourth-order valence-electron chi connectivity index (χ4n) is 2.60. The Morgan fingerprint density at radius 3 is 2.76 bits per heavy atom. The van der Waals surface area contributed by atoms with Crippen LogP contribution < -0.4 is 16.4 Å². The molecule has 0 unspecified atom stereocenters. The number of hydrogen-bond acceptors (Lipinski definition) is 3. The molecule has 0 radical (unpaired) electrons. The lowest BCUT2D eigenvalue weighted by atomic mass is 10.1. The number of anilines is 2. The van der Waals surface area contributed by atoms with Crippen LogP contribution in [0, 0.1) is 13.8 Å². The van der Waals surface area contributed by atoms with Crippen molar-refractivity contribution in [1.82, 2.24) is 4.57 Å². The molecule has 3 aromatic rings. The minimum Gasteiger partial charge on any atom is -0.408 e. The van der Waals surface area contributed by atoms with E-state index in [1.54, 1.807) is 24.3 Å². The second-order valence-corrected chi connectivity index (χ2v) is 5.85. The number of amides is 2. The van der Waals surface area contributed by atoms with Crippen LogP contribution in [0.15, 0.2) is 58.3 Å². The fourth-order valence-corrected chi connectivity index (χ4v) is 2.60. The van der Waals surface area contributed by atoms with E-state index >= 15 is 0 Å². The van der Waals surface area contributed by atoms with E-state index < -0.39 is 5.76 Å². The van der Waals surface area contributed by atoms with Gasteiger partial charge in [0, 0.05) is 24.0 Å². The monoisotopic (exact) mass is 337 g/mol. The smallest absolute Gasteiger partial charge is 0.408 e. The Hall–Kier alpha value is -3.28. The van der Waals surface area contributed by atoms with Crippen molar-refractivity contribution in [3.63, 3.8) is 0 Å². The highest BCUT2D eigenvalue weighted by atomic mass is 16.4. The van der Waals surface area contributed by atoms with E-state index in [0.29, 0.717) is 23.3 Å². The van der Waals surface area contributed by atoms with Crippen molar-refractivity contribution in [3.8, 4) is 0 Å². The first-order chi connectivity index (χ1) is 12.0. The summed E-state index contributed by atoms with van der Waals surface area (Å²) >= 11 is 0. The number of carbonyl (C=O) groups excluding carboxylic acids is 1. The molecule has 0 saturated heterocycles. The number of benzene rings is 2. The third-order valence-corrected chi connectivity index (χ3v) is 3.88. The second kappa shape index (κ2) is 6.68. The van der Waals surface area contributed by atoms with Crippen LogP contribution in [0.3, 0.4) is 0 Å². The lowest BCUT2D eigenvalue weighted by Crippen LogP contribution is -2.20. The lowest BCUT2D eigenvalue weighted by Gasteiger charge is -2.10. The van der Waals surface area contributed by atoms with E-state index in [9.17, 15) is 9.59 Å². The molecule has 6 heteroatoms. The molecule has 0 atom stereocenters. The van der Waals surface area contributed by atoms with Gasteiger partial charge in [-0.15, -0.1) is 6.58 Å². The number of rotatable bonds is 4. The second-order valence-electron chi connectivity index (χ2n) is 5.85. The molecule has 6 nitrogen and oxygen atoms in total. The largest absolute Gasteiger partial charge is 0.420 e. The Labute approximate surface area is 144 Å². The van der Waals surface area contributed by atoms with Crippen molar-refractivity contribution in [2.24, 2.45) is 0 Å². The van der Waals surface area contributed by atoms with Gasteiger partial charge in [-0.1, -0.05) is 18.2 Å². The number of carbonyl (C=O) groups is 1. The Balaban J connectivity index is 1.80. The molecule has 3 rings (SSSR count). The molecule has 0 saturated carbocycles. The number of oxazole rings is 1. The van der Waals surface area contributed by atoms with Gasteiger partial charge in [0.2, 0.25) is 0 Å². The SMILES string of the molecule is C=CCn1c(=O)oc2cc(NC(=O)Nc3cc(C)ccc3C)ccc21. The summed E-state index contributed by atoms with van der Waals surface area (Å²) in [7, 11) is 0. The summed E-state index contributed by atoms with van der Waals surface area (Å²) in [5, 5.41) is 5.57. The van der Waals surface area contributed by atoms with Crippen LogP contribution in [0.1, 0.15) is 11.1 Å². The van der Waals surface area contributed by atoms with E-state index in [4.69, 9.17) is 4.42 Å². The van der Waals surface area contributed by atoms with E-state index in [1.807, 2.05) is 32.0 Å². The number of nitrogens with one attached hydrogen (secondary N) is 2. The minimum atomic E-state index is -0.452. The van der Waals surface area contributed by atoms with Crippen molar-refractivity contribution in [2.75, 3.05) is 10.6 Å². The molecular weight excluding hydrogens is 318 g/mol. The van der Waals surface area contributed by atoms with Crippen molar-refractivity contribution >= 4 is 28.5 Å². The zero-order chi connectivity index (χ0) is 18.0. The van der Waals surface area contributed by atoms with Gasteiger partial charge in [-0.3, -0.25) is 4.57 Å². The number of fused-ring (bicyclic) bond motifs is 1. The van der Waals surface area contributed by atoms with Crippen LogP contribution in [-0.4, -0.2) is 10.6 Å². The van der Waals surface area contributed by atoms with Gasteiger partial charge in [-0.25, -0.2) is 9.59 Å². The molecule has 0 aliphatic heterocycles. The molecule has 25 heavy (non-hydrogen) atoms. The van der Waals surface area contributed by atoms with Crippen molar-refractivity contribution in [3.05, 3.63) is 70.7 Å². The van der Waals surface area contributed by atoms with Gasteiger partial charge in [0.15, 0.2) is 5.58 Å². The van der Waals surface area contributed by atoms with Gasteiger partial charge < -0.3 is 15.1 Å². The summed E-state index contributed by atoms with van der Waals surface area (Å²) in [6.07, 6.45) is 1.63. The third kappa shape index (κ3) is 3.47. The van der Waals surface area contributed by atoms with Gasteiger partial charge in [-0.05, 0) is 43.2 Å². The topological polar surface area (TPSA) is 76.3 Å². The Bertz CT molecular complexity index is 1010. The Morgan fingerprint density at radius 1 is 1.20 bits per heavy atom. The number of allylic oxidation sites excluding steroid dienone is 1. The molecule has 128 valence electrons. The molecular formula is C19H19N3O3. The summed E-state index contributed by atoms with van der Waals surface area (Å²) in [5.74, 6) is -0.452. The van der Waals surface area contributed by atoms with Crippen LogP contribution in [0.2, 0.25) is 0 Å². The normalized spacial score (nSPS) is 10.6. The standard InChI is InChI=1S/C19H19N3O3/c1-4-9-22-16-8-7-14(11-17(16)25-19(22)24)20-18(23)21-15-10-12(2)5-6-13(15)3/h4-8,10-11H,1,9H2,2-3H3,(H2,20,21,23). The average molecular weight is 337 g/mol. The third-order valence-electron chi connectivity index (χ3n) is 3.88. The minimum absolute atomic E-state index is 0.360. The molecule has 0 aliphatic carbocycles. The molecule has 2 amide bonds. The predicted octanol–water partition coefficient (Wildman–Crippen LogP) is 4.04. The number of aromatic nitrogens is 1. The highest BCUT2D eigenvalue weighted by molar-refractivity contribution is 6.01. The molecule has 0 spiro atoms. The molecule has 2 N–H and O–H groups in total. The Morgan fingerprint density at radius 2 is 2.00 bits per heavy atom. The van der Waals surface area contributed by atoms with Crippen molar-refractivity contribution < 1.29 is 9.21 Å². The van der Waals surface area contributed by atoms with E-state index in [2.05, 4.69) is 17.2 Å². The zero-order valence-corrected chi connectivity index (χ0v) is 14.1. The van der Waals surface area contributed by atoms with Crippen molar-refractivity contribution in [2.45, 2.75) is 20.4 Å². The van der Waals surface area contributed by atoms with Crippen LogP contribution in [0.4, 0.5) is 16.2 Å². The van der Waals surface area contributed by atoms with Gasteiger partial charge >= 0.3 is 11.8 Å². The van der Waals surface area contributed by atoms with E-state index in [1.165, 1.54) is 4.57 Å². The molecule has 1 heterocycles. The molecule has 0 aliphatic rings. The average Bonchev–Trinajstić information content (AvgIpc) is 2.86. The summed E-state index contributed by atoms with van der Waals surface area (Å²) in [4.78, 5) is 24.0. The van der Waals surface area contributed by atoms with Crippen LogP contribution in [-0.2, 0) is 6.54 Å². The van der Waals surface area contributed by atoms with Gasteiger partial charge in [0.05, 0.1) is 5.52 Å². The lowest BCUT2D eigenvalue weighted by molar-refractivity contribution is 0.262. The van der Waals surface area contributed by atoms with Crippen LogP contribution in [0.25, 0.3) is 11.1 Å². The number of nitrogens with zero attached hydrogens (tertiary/aromatic N) is 1.